The summed E-state index contributed by atoms with van der Waals surface area (Å²) in [5.41, 5.74) is 1.77. The number of amides is 2. The van der Waals surface area contributed by atoms with Crippen LogP contribution in [0.4, 0.5) is 10.5 Å². The zero-order valence-corrected chi connectivity index (χ0v) is 14.6. The van der Waals surface area contributed by atoms with Crippen LogP contribution in [-0.2, 0) is 6.42 Å². The summed E-state index contributed by atoms with van der Waals surface area (Å²) in [6, 6.07) is 12.9. The number of urea groups is 1. The summed E-state index contributed by atoms with van der Waals surface area (Å²) in [7, 11) is 3.23. The minimum atomic E-state index is -0.238. The van der Waals surface area contributed by atoms with Crippen molar-refractivity contribution in [2.24, 2.45) is 0 Å². The molecule has 0 atom stereocenters. The molecule has 0 radical (unpaired) electrons. The first-order valence-electron chi connectivity index (χ1n) is 7.13. The number of hydrogen-bond acceptors (Lipinski definition) is 3. The fourth-order valence-corrected chi connectivity index (χ4v) is 2.47. The van der Waals surface area contributed by atoms with E-state index in [0.29, 0.717) is 13.0 Å². The summed E-state index contributed by atoms with van der Waals surface area (Å²) in [6.45, 7) is 0.510. The van der Waals surface area contributed by atoms with Crippen molar-refractivity contribution in [3.8, 4) is 11.5 Å². The van der Waals surface area contributed by atoms with E-state index >= 15 is 0 Å². The molecule has 2 amide bonds. The number of hydrogen-bond donors (Lipinski definition) is 2. The van der Waals surface area contributed by atoms with Crippen LogP contribution in [0, 0.1) is 0 Å². The predicted octanol–water partition coefficient (Wildman–Crippen LogP) is 3.83. The molecule has 122 valence electrons. The van der Waals surface area contributed by atoms with E-state index in [9.17, 15) is 4.79 Å². The lowest BCUT2D eigenvalue weighted by Crippen LogP contribution is -2.30. The van der Waals surface area contributed by atoms with Crippen LogP contribution in [0.25, 0.3) is 0 Å². The highest BCUT2D eigenvalue weighted by molar-refractivity contribution is 9.10. The second-order valence-electron chi connectivity index (χ2n) is 4.86. The Labute approximate surface area is 144 Å². The molecule has 0 fully saturated rings. The highest BCUT2D eigenvalue weighted by Gasteiger charge is 2.04. The van der Waals surface area contributed by atoms with Gasteiger partial charge >= 0.3 is 6.03 Å². The number of anilines is 1. The molecule has 2 N–H and O–H groups in total. The number of ether oxygens (including phenoxy) is 2. The number of benzene rings is 2. The topological polar surface area (TPSA) is 59.6 Å². The molecule has 23 heavy (non-hydrogen) atoms. The minimum absolute atomic E-state index is 0.238. The molecule has 2 rings (SSSR count). The second kappa shape index (κ2) is 8.43. The quantitative estimate of drug-likeness (QED) is 0.802. The molecule has 0 bridgehead atoms. The lowest BCUT2D eigenvalue weighted by Gasteiger charge is -2.10. The molecule has 0 heterocycles. The lowest BCUT2D eigenvalue weighted by molar-refractivity contribution is 0.252. The first kappa shape index (κ1) is 17.1. The average Bonchev–Trinajstić information content (AvgIpc) is 2.54. The summed E-state index contributed by atoms with van der Waals surface area (Å²) in [6.07, 6.45) is 0.680. The Kier molecular flexibility index (Phi) is 6.29. The van der Waals surface area contributed by atoms with Gasteiger partial charge in [0.05, 0.1) is 14.2 Å². The third-order valence-electron chi connectivity index (χ3n) is 3.19. The largest absolute Gasteiger partial charge is 0.497 e. The smallest absolute Gasteiger partial charge is 0.319 e. The van der Waals surface area contributed by atoms with E-state index in [4.69, 9.17) is 9.47 Å². The summed E-state index contributed by atoms with van der Waals surface area (Å²) >= 11 is 3.37. The van der Waals surface area contributed by atoms with Crippen LogP contribution in [0.5, 0.6) is 11.5 Å². The van der Waals surface area contributed by atoms with Gasteiger partial charge in [0.25, 0.3) is 0 Å². The molecular weight excluding hydrogens is 360 g/mol. The van der Waals surface area contributed by atoms with E-state index in [-0.39, 0.29) is 6.03 Å². The van der Waals surface area contributed by atoms with Crippen LogP contribution in [0.3, 0.4) is 0 Å². The number of carbonyl (C=O) groups excluding carboxylic acids is 1. The van der Waals surface area contributed by atoms with Gasteiger partial charge in [0.15, 0.2) is 0 Å². The van der Waals surface area contributed by atoms with Crippen LogP contribution in [0.15, 0.2) is 46.9 Å². The highest BCUT2D eigenvalue weighted by atomic mass is 79.9. The van der Waals surface area contributed by atoms with Crippen molar-refractivity contribution in [3.63, 3.8) is 0 Å². The summed E-state index contributed by atoms with van der Waals surface area (Å²) in [5, 5.41) is 5.61. The zero-order chi connectivity index (χ0) is 16.7. The third kappa shape index (κ3) is 5.49. The fourth-order valence-electron chi connectivity index (χ4n) is 2.07. The monoisotopic (exact) mass is 378 g/mol. The number of carbonyl (C=O) groups is 1. The fraction of sp³-hybridized carbons (Fsp3) is 0.235. The van der Waals surface area contributed by atoms with Gasteiger partial charge < -0.3 is 20.1 Å². The van der Waals surface area contributed by atoms with Gasteiger partial charge in [0, 0.05) is 22.8 Å². The molecule has 2 aromatic carbocycles. The van der Waals surface area contributed by atoms with Crippen molar-refractivity contribution in [2.45, 2.75) is 6.42 Å². The van der Waals surface area contributed by atoms with E-state index in [2.05, 4.69) is 26.6 Å². The van der Waals surface area contributed by atoms with Crippen molar-refractivity contribution < 1.29 is 14.3 Å². The normalized spacial score (nSPS) is 10.0. The molecule has 0 saturated carbocycles. The van der Waals surface area contributed by atoms with Gasteiger partial charge in [-0.1, -0.05) is 22.0 Å². The molecule has 0 aliphatic rings. The number of methoxy groups -OCH3 is 2. The van der Waals surface area contributed by atoms with Gasteiger partial charge in [-0.3, -0.25) is 0 Å². The van der Waals surface area contributed by atoms with Gasteiger partial charge in [-0.2, -0.15) is 0 Å². The Morgan fingerprint density at radius 1 is 1.09 bits per heavy atom. The Balaban J connectivity index is 1.85. The molecule has 0 spiro atoms. The van der Waals surface area contributed by atoms with Gasteiger partial charge in [-0.25, -0.2) is 4.79 Å². The van der Waals surface area contributed by atoms with Gasteiger partial charge in [-0.15, -0.1) is 0 Å². The van der Waals surface area contributed by atoms with Crippen molar-refractivity contribution in [3.05, 3.63) is 52.5 Å². The molecule has 0 aliphatic carbocycles. The summed E-state index contributed by atoms with van der Waals surface area (Å²) in [4.78, 5) is 11.9. The predicted molar refractivity (Wildman–Crippen MR) is 94.4 cm³/mol. The maximum absolute atomic E-state index is 11.9. The van der Waals surface area contributed by atoms with E-state index < -0.39 is 0 Å². The average molecular weight is 379 g/mol. The Morgan fingerprint density at radius 3 is 2.39 bits per heavy atom. The lowest BCUT2D eigenvalue weighted by atomic mass is 10.1. The Hall–Kier alpha value is -2.21. The molecule has 6 heteroatoms. The third-order valence-corrected chi connectivity index (χ3v) is 3.69. The Bertz CT molecular complexity index is 654. The highest BCUT2D eigenvalue weighted by Crippen LogP contribution is 2.22. The number of rotatable bonds is 6. The van der Waals surface area contributed by atoms with E-state index in [1.165, 1.54) is 0 Å². The summed E-state index contributed by atoms with van der Waals surface area (Å²) < 4.78 is 11.4. The molecule has 2 aromatic rings. The second-order valence-corrected chi connectivity index (χ2v) is 5.78. The number of halogens is 1. The first-order chi connectivity index (χ1) is 11.1. The van der Waals surface area contributed by atoms with Crippen molar-refractivity contribution in [2.75, 3.05) is 26.1 Å². The molecular formula is C17H19BrN2O3. The minimum Gasteiger partial charge on any atom is -0.497 e. The molecule has 5 nitrogen and oxygen atoms in total. The molecule has 0 aliphatic heterocycles. The van der Waals surface area contributed by atoms with E-state index in [1.54, 1.807) is 14.2 Å². The van der Waals surface area contributed by atoms with Crippen LogP contribution in [0.2, 0.25) is 0 Å². The maximum Gasteiger partial charge on any atom is 0.319 e. The van der Waals surface area contributed by atoms with Crippen LogP contribution >= 0.6 is 15.9 Å². The Morgan fingerprint density at radius 2 is 1.78 bits per heavy atom. The van der Waals surface area contributed by atoms with Crippen LogP contribution in [0.1, 0.15) is 5.56 Å². The van der Waals surface area contributed by atoms with Crippen LogP contribution < -0.4 is 20.1 Å². The van der Waals surface area contributed by atoms with Crippen molar-refractivity contribution in [1.29, 1.82) is 0 Å². The zero-order valence-electron chi connectivity index (χ0n) is 13.1. The van der Waals surface area contributed by atoms with Gasteiger partial charge in [0.1, 0.15) is 11.5 Å². The van der Waals surface area contributed by atoms with E-state index in [0.717, 1.165) is 27.2 Å². The van der Waals surface area contributed by atoms with Crippen LogP contribution in [-0.4, -0.2) is 26.8 Å². The SMILES string of the molecule is COc1cc(CCNC(=O)Nc2cccc(Br)c2)cc(OC)c1. The molecule has 0 aromatic heterocycles. The van der Waals surface area contributed by atoms with Crippen molar-refractivity contribution in [1.82, 2.24) is 5.32 Å². The van der Waals surface area contributed by atoms with E-state index in [1.807, 2.05) is 42.5 Å². The number of nitrogens with one attached hydrogen (secondary N) is 2. The maximum atomic E-state index is 11.9. The molecule has 0 unspecified atom stereocenters. The van der Waals surface area contributed by atoms with Crippen molar-refractivity contribution >= 4 is 27.6 Å². The first-order valence-corrected chi connectivity index (χ1v) is 7.92. The molecule has 0 saturated heterocycles. The standard InChI is InChI=1S/C17H19BrN2O3/c1-22-15-8-12(9-16(11-15)23-2)6-7-19-17(21)20-14-5-3-4-13(18)10-14/h3-5,8-11H,6-7H2,1-2H3,(H2,19,20,21). The van der Waals surface area contributed by atoms with Gasteiger partial charge in [0.2, 0.25) is 0 Å². The van der Waals surface area contributed by atoms with Gasteiger partial charge in [-0.05, 0) is 42.3 Å². The summed E-state index contributed by atoms with van der Waals surface area (Å²) in [5.74, 6) is 1.47.